The molecule has 2 atom stereocenters. The number of phenolic OH excluding ortho intramolecular Hbond substituents is 1. The Morgan fingerprint density at radius 1 is 0.848 bits per heavy atom. The Morgan fingerprint density at radius 2 is 1.61 bits per heavy atom. The molecule has 1 heterocycles. The minimum atomic E-state index is -0.131. The van der Waals surface area contributed by atoms with Crippen molar-refractivity contribution in [3.05, 3.63) is 94.8 Å². The van der Waals surface area contributed by atoms with Crippen molar-refractivity contribution in [1.29, 1.82) is 0 Å². The van der Waals surface area contributed by atoms with E-state index >= 15 is 0 Å². The van der Waals surface area contributed by atoms with Crippen LogP contribution in [0.15, 0.2) is 66.7 Å². The lowest BCUT2D eigenvalue weighted by molar-refractivity contribution is 0.183. The summed E-state index contributed by atoms with van der Waals surface area (Å²) in [6.45, 7) is 4.05. The van der Waals surface area contributed by atoms with Crippen LogP contribution in [0.2, 0.25) is 0 Å². The van der Waals surface area contributed by atoms with Gasteiger partial charge in [-0.2, -0.15) is 0 Å². The largest absolute Gasteiger partial charge is 0.508 e. The lowest BCUT2D eigenvalue weighted by atomic mass is 9.70. The van der Waals surface area contributed by atoms with E-state index in [1.807, 2.05) is 24.3 Å². The summed E-state index contributed by atoms with van der Waals surface area (Å²) in [6, 6.07) is 21.3. The molecule has 0 saturated carbocycles. The summed E-state index contributed by atoms with van der Waals surface area (Å²) in [6.07, 6.45) is 5.35. The minimum Gasteiger partial charge on any atom is -0.508 e. The van der Waals surface area contributed by atoms with Gasteiger partial charge in [-0.15, -0.1) is 0 Å². The maximum Gasteiger partial charge on any atom is 0.126 e. The monoisotopic (exact) mass is 445 g/mol. The molecule has 1 saturated heterocycles. The standard InChI is InChI=1S/C29H32FNO2/c30-29-9-5-7-23-19-26(27(20-28(23)29)22-6-4-8-24(32)18-22)21-10-12-25(13-11-21)33-17-16-31-14-2-1-3-15-31/h4-13,18,26-27,32H,1-3,14-17,19-20H2. The number of fused-ring (bicyclic) bond motifs is 1. The van der Waals surface area contributed by atoms with Crippen molar-refractivity contribution in [2.75, 3.05) is 26.2 Å². The van der Waals surface area contributed by atoms with Crippen LogP contribution in [0.25, 0.3) is 0 Å². The van der Waals surface area contributed by atoms with Gasteiger partial charge in [0, 0.05) is 6.54 Å². The molecule has 5 rings (SSSR count). The Bertz CT molecular complexity index is 1080. The van der Waals surface area contributed by atoms with Crippen molar-refractivity contribution >= 4 is 0 Å². The van der Waals surface area contributed by atoms with Crippen LogP contribution in [-0.4, -0.2) is 36.2 Å². The van der Waals surface area contributed by atoms with Crippen molar-refractivity contribution in [2.24, 2.45) is 0 Å². The minimum absolute atomic E-state index is 0.104. The fraction of sp³-hybridized carbons (Fsp3) is 0.379. The average molecular weight is 446 g/mol. The predicted molar refractivity (Wildman–Crippen MR) is 130 cm³/mol. The van der Waals surface area contributed by atoms with Crippen molar-refractivity contribution in [3.8, 4) is 11.5 Å². The van der Waals surface area contributed by atoms with Crippen molar-refractivity contribution < 1.29 is 14.2 Å². The Hall–Kier alpha value is -2.85. The second-order valence-corrected chi connectivity index (χ2v) is 9.41. The maximum absolute atomic E-state index is 14.6. The highest BCUT2D eigenvalue weighted by atomic mass is 19.1. The molecule has 0 amide bonds. The lowest BCUT2D eigenvalue weighted by Gasteiger charge is -2.34. The van der Waals surface area contributed by atoms with Crippen LogP contribution < -0.4 is 4.74 Å². The van der Waals surface area contributed by atoms with E-state index in [4.69, 9.17) is 4.74 Å². The van der Waals surface area contributed by atoms with Gasteiger partial charge >= 0.3 is 0 Å². The van der Waals surface area contributed by atoms with E-state index in [0.29, 0.717) is 13.0 Å². The number of aromatic hydroxyl groups is 1. The van der Waals surface area contributed by atoms with Crippen LogP contribution in [0, 0.1) is 5.82 Å². The molecule has 1 aliphatic heterocycles. The normalized spacial score (nSPS) is 20.9. The van der Waals surface area contributed by atoms with Gasteiger partial charge in [-0.3, -0.25) is 4.90 Å². The van der Waals surface area contributed by atoms with E-state index in [2.05, 4.69) is 29.2 Å². The number of hydrogen-bond donors (Lipinski definition) is 1. The Kier molecular flexibility index (Phi) is 6.63. The molecule has 1 aliphatic carbocycles. The quantitative estimate of drug-likeness (QED) is 0.500. The molecule has 1 fully saturated rings. The summed E-state index contributed by atoms with van der Waals surface area (Å²) in [5.41, 5.74) is 4.16. The summed E-state index contributed by atoms with van der Waals surface area (Å²) >= 11 is 0. The molecule has 172 valence electrons. The fourth-order valence-corrected chi connectivity index (χ4v) is 5.51. The highest BCUT2D eigenvalue weighted by Gasteiger charge is 2.32. The molecular formula is C29H32FNO2. The Balaban J connectivity index is 1.34. The molecule has 0 bridgehead atoms. The van der Waals surface area contributed by atoms with Crippen molar-refractivity contribution in [3.63, 3.8) is 0 Å². The number of halogens is 1. The Labute approximate surface area is 195 Å². The lowest BCUT2D eigenvalue weighted by Crippen LogP contribution is -2.33. The topological polar surface area (TPSA) is 32.7 Å². The first-order valence-electron chi connectivity index (χ1n) is 12.2. The molecular weight excluding hydrogens is 413 g/mol. The molecule has 0 radical (unpaired) electrons. The van der Waals surface area contributed by atoms with Gasteiger partial charge in [-0.1, -0.05) is 42.8 Å². The number of benzene rings is 3. The van der Waals surface area contributed by atoms with Crippen molar-refractivity contribution in [2.45, 2.75) is 43.9 Å². The van der Waals surface area contributed by atoms with Crippen LogP contribution in [0.3, 0.4) is 0 Å². The second kappa shape index (κ2) is 9.96. The van der Waals surface area contributed by atoms with E-state index in [-0.39, 0.29) is 23.4 Å². The van der Waals surface area contributed by atoms with Gasteiger partial charge < -0.3 is 9.84 Å². The molecule has 0 spiro atoms. The third-order valence-corrected chi connectivity index (χ3v) is 7.30. The van der Waals surface area contributed by atoms with Gasteiger partial charge in [-0.25, -0.2) is 4.39 Å². The molecule has 2 aliphatic rings. The summed E-state index contributed by atoms with van der Waals surface area (Å²) in [7, 11) is 0. The van der Waals surface area contributed by atoms with Gasteiger partial charge in [0.25, 0.3) is 0 Å². The molecule has 3 aromatic carbocycles. The zero-order valence-corrected chi connectivity index (χ0v) is 19.1. The van der Waals surface area contributed by atoms with Crippen LogP contribution >= 0.6 is 0 Å². The SMILES string of the molecule is Oc1cccc(C2Cc3c(F)cccc3CC2c2ccc(OCCN3CCCCC3)cc2)c1. The van der Waals surface area contributed by atoms with Gasteiger partial charge in [0.15, 0.2) is 0 Å². The van der Waals surface area contributed by atoms with Gasteiger partial charge in [0.05, 0.1) is 0 Å². The van der Waals surface area contributed by atoms with Crippen LogP contribution in [0.4, 0.5) is 4.39 Å². The van der Waals surface area contributed by atoms with Gasteiger partial charge in [0.2, 0.25) is 0 Å². The fourth-order valence-electron chi connectivity index (χ4n) is 5.51. The molecule has 33 heavy (non-hydrogen) atoms. The first kappa shape index (κ1) is 22.0. The highest BCUT2D eigenvalue weighted by Crippen LogP contribution is 2.44. The second-order valence-electron chi connectivity index (χ2n) is 9.41. The van der Waals surface area contributed by atoms with E-state index in [1.54, 1.807) is 18.2 Å². The highest BCUT2D eigenvalue weighted by molar-refractivity contribution is 5.43. The Morgan fingerprint density at radius 3 is 2.39 bits per heavy atom. The first-order chi connectivity index (χ1) is 16.2. The molecule has 4 heteroatoms. The maximum atomic E-state index is 14.6. The van der Waals surface area contributed by atoms with Crippen LogP contribution in [0.1, 0.15) is 53.4 Å². The molecule has 0 aromatic heterocycles. The number of likely N-dealkylation sites (tertiary alicyclic amines) is 1. The number of phenols is 1. The van der Waals surface area contributed by atoms with Crippen LogP contribution in [-0.2, 0) is 12.8 Å². The smallest absolute Gasteiger partial charge is 0.126 e. The van der Waals surface area contributed by atoms with E-state index in [0.717, 1.165) is 35.4 Å². The molecule has 2 unspecified atom stereocenters. The van der Waals surface area contributed by atoms with E-state index < -0.39 is 0 Å². The van der Waals surface area contributed by atoms with Crippen molar-refractivity contribution in [1.82, 2.24) is 4.90 Å². The summed E-state index contributed by atoms with van der Waals surface area (Å²) in [4.78, 5) is 2.48. The zero-order valence-electron chi connectivity index (χ0n) is 19.1. The average Bonchev–Trinajstić information content (AvgIpc) is 2.85. The number of rotatable bonds is 6. The number of piperidine rings is 1. The number of ether oxygens (including phenoxy) is 1. The van der Waals surface area contributed by atoms with E-state index in [1.165, 1.54) is 37.9 Å². The third-order valence-electron chi connectivity index (χ3n) is 7.30. The number of hydrogen-bond acceptors (Lipinski definition) is 3. The summed E-state index contributed by atoms with van der Waals surface area (Å²) in [5.74, 6) is 1.33. The first-order valence-corrected chi connectivity index (χ1v) is 12.2. The molecule has 1 N–H and O–H groups in total. The zero-order chi connectivity index (χ0) is 22.6. The van der Waals surface area contributed by atoms with Gasteiger partial charge in [0.1, 0.15) is 23.9 Å². The molecule has 3 nitrogen and oxygen atoms in total. The predicted octanol–water partition coefficient (Wildman–Crippen LogP) is 6.06. The molecule has 3 aromatic rings. The van der Waals surface area contributed by atoms with Crippen LogP contribution in [0.5, 0.6) is 11.5 Å². The summed E-state index contributed by atoms with van der Waals surface area (Å²) < 4.78 is 20.6. The third kappa shape index (κ3) is 5.06. The number of nitrogens with zero attached hydrogens (tertiary/aromatic N) is 1. The van der Waals surface area contributed by atoms with Gasteiger partial charge in [-0.05, 0) is 103 Å². The van der Waals surface area contributed by atoms with E-state index in [9.17, 15) is 9.50 Å². The summed E-state index contributed by atoms with van der Waals surface area (Å²) in [5, 5.41) is 10.1.